The zero-order chi connectivity index (χ0) is 10.8. The summed E-state index contributed by atoms with van der Waals surface area (Å²) < 4.78 is 0.970. The smallest absolute Gasteiger partial charge is 0.160 e. The molecule has 0 aliphatic heterocycles. The van der Waals surface area contributed by atoms with Crippen LogP contribution < -0.4 is 0 Å². The molecular weight excluding hydrogens is 270 g/mol. The van der Waals surface area contributed by atoms with Crippen molar-refractivity contribution in [1.82, 2.24) is 4.98 Å². The summed E-state index contributed by atoms with van der Waals surface area (Å²) in [4.78, 5) is 5.89. The van der Waals surface area contributed by atoms with Crippen LogP contribution in [0.1, 0.15) is 17.4 Å². The fourth-order valence-electron chi connectivity index (χ4n) is 1.61. The third kappa shape index (κ3) is 2.13. The Labute approximate surface area is 102 Å². The highest BCUT2D eigenvalue weighted by molar-refractivity contribution is 9.11. The third-order valence-electron chi connectivity index (χ3n) is 2.39. The first-order valence-electron chi connectivity index (χ1n) is 4.93. The quantitative estimate of drug-likeness (QED) is 0.793. The molecule has 1 aromatic carbocycles. The van der Waals surface area contributed by atoms with Crippen molar-refractivity contribution in [3.05, 3.63) is 38.6 Å². The summed E-state index contributed by atoms with van der Waals surface area (Å²) >= 11 is 5.18. The standard InChI is InChI=1S/C12H12BrNS/c1-3-10-11(14-12(13)15-10)9-7-5-4-6-8(9)2/h4-7H,3H2,1-2H3. The number of nitrogens with zero attached hydrogens (tertiary/aromatic N) is 1. The molecular formula is C12H12BrNS. The summed E-state index contributed by atoms with van der Waals surface area (Å²) in [6.07, 6.45) is 1.03. The zero-order valence-electron chi connectivity index (χ0n) is 8.75. The fraction of sp³-hybridized carbons (Fsp3) is 0.250. The van der Waals surface area contributed by atoms with Crippen LogP contribution in [0.5, 0.6) is 0 Å². The lowest BCUT2D eigenvalue weighted by atomic mass is 10.0. The molecule has 15 heavy (non-hydrogen) atoms. The summed E-state index contributed by atoms with van der Waals surface area (Å²) in [5, 5.41) is 0. The summed E-state index contributed by atoms with van der Waals surface area (Å²) in [7, 11) is 0. The first kappa shape index (κ1) is 10.8. The third-order valence-corrected chi connectivity index (χ3v) is 4.04. The van der Waals surface area contributed by atoms with Gasteiger partial charge in [-0.15, -0.1) is 11.3 Å². The highest BCUT2D eigenvalue weighted by atomic mass is 79.9. The number of aryl methyl sites for hydroxylation is 2. The predicted octanol–water partition coefficient (Wildman–Crippen LogP) is 4.44. The minimum absolute atomic E-state index is 0.970. The molecule has 2 rings (SSSR count). The average Bonchev–Trinajstić information content (AvgIpc) is 2.60. The molecule has 78 valence electrons. The highest BCUT2D eigenvalue weighted by Crippen LogP contribution is 2.32. The molecule has 0 N–H and O–H groups in total. The van der Waals surface area contributed by atoms with E-state index in [1.165, 1.54) is 16.0 Å². The second-order valence-electron chi connectivity index (χ2n) is 3.41. The van der Waals surface area contributed by atoms with Crippen LogP contribution in [0, 0.1) is 6.92 Å². The molecule has 0 bridgehead atoms. The van der Waals surface area contributed by atoms with Gasteiger partial charge in [-0.3, -0.25) is 0 Å². The molecule has 0 amide bonds. The molecule has 2 aromatic rings. The molecule has 0 fully saturated rings. The van der Waals surface area contributed by atoms with Crippen LogP contribution in [0.2, 0.25) is 0 Å². The lowest BCUT2D eigenvalue weighted by Gasteiger charge is -2.03. The molecule has 1 heterocycles. The van der Waals surface area contributed by atoms with Gasteiger partial charge in [-0.2, -0.15) is 0 Å². The first-order valence-corrected chi connectivity index (χ1v) is 6.54. The van der Waals surface area contributed by atoms with Gasteiger partial charge in [-0.05, 0) is 34.8 Å². The summed E-state index contributed by atoms with van der Waals surface area (Å²) in [6, 6.07) is 8.39. The van der Waals surface area contributed by atoms with Crippen LogP contribution in [0.15, 0.2) is 28.2 Å². The molecule has 1 nitrogen and oxygen atoms in total. The number of rotatable bonds is 2. The number of halogens is 1. The van der Waals surface area contributed by atoms with Crippen molar-refractivity contribution in [2.45, 2.75) is 20.3 Å². The van der Waals surface area contributed by atoms with Crippen molar-refractivity contribution in [1.29, 1.82) is 0 Å². The summed E-state index contributed by atoms with van der Waals surface area (Å²) in [6.45, 7) is 4.30. The zero-order valence-corrected chi connectivity index (χ0v) is 11.2. The van der Waals surface area contributed by atoms with E-state index in [2.05, 4.69) is 59.0 Å². The Hall–Kier alpha value is -0.670. The molecule has 0 atom stereocenters. The fourth-order valence-corrected chi connectivity index (χ4v) is 3.11. The van der Waals surface area contributed by atoms with Crippen LogP contribution in [0.3, 0.4) is 0 Å². The van der Waals surface area contributed by atoms with E-state index in [0.29, 0.717) is 0 Å². The molecule has 0 spiro atoms. The van der Waals surface area contributed by atoms with Gasteiger partial charge >= 0.3 is 0 Å². The van der Waals surface area contributed by atoms with Crippen molar-refractivity contribution in [2.75, 3.05) is 0 Å². The number of benzene rings is 1. The molecule has 0 saturated carbocycles. The van der Waals surface area contributed by atoms with E-state index in [4.69, 9.17) is 0 Å². The minimum atomic E-state index is 0.970. The van der Waals surface area contributed by atoms with Gasteiger partial charge in [-0.1, -0.05) is 31.2 Å². The van der Waals surface area contributed by atoms with Crippen molar-refractivity contribution in [3.63, 3.8) is 0 Å². The number of aromatic nitrogens is 1. The largest absolute Gasteiger partial charge is 0.229 e. The number of thiazole rings is 1. The van der Waals surface area contributed by atoms with Gasteiger partial charge in [0.2, 0.25) is 0 Å². The monoisotopic (exact) mass is 281 g/mol. The van der Waals surface area contributed by atoms with Gasteiger partial charge in [0, 0.05) is 10.4 Å². The molecule has 0 unspecified atom stereocenters. The van der Waals surface area contributed by atoms with Gasteiger partial charge < -0.3 is 0 Å². The maximum Gasteiger partial charge on any atom is 0.160 e. The van der Waals surface area contributed by atoms with Gasteiger partial charge in [0.25, 0.3) is 0 Å². The predicted molar refractivity (Wildman–Crippen MR) is 69.4 cm³/mol. The number of hydrogen-bond donors (Lipinski definition) is 0. The molecule has 0 radical (unpaired) electrons. The molecule has 3 heteroatoms. The van der Waals surface area contributed by atoms with Gasteiger partial charge in [-0.25, -0.2) is 4.98 Å². The van der Waals surface area contributed by atoms with Crippen LogP contribution in [-0.2, 0) is 6.42 Å². The second-order valence-corrected chi connectivity index (χ2v) is 5.77. The lowest BCUT2D eigenvalue weighted by molar-refractivity contribution is 1.16. The van der Waals surface area contributed by atoms with E-state index < -0.39 is 0 Å². The van der Waals surface area contributed by atoms with Crippen LogP contribution in [0.4, 0.5) is 0 Å². The molecule has 0 aliphatic carbocycles. The maximum atomic E-state index is 4.55. The highest BCUT2D eigenvalue weighted by Gasteiger charge is 2.11. The second kappa shape index (κ2) is 4.45. The number of hydrogen-bond acceptors (Lipinski definition) is 2. The Balaban J connectivity index is 2.58. The normalized spacial score (nSPS) is 10.6. The average molecular weight is 282 g/mol. The van der Waals surface area contributed by atoms with Crippen molar-refractivity contribution in [2.24, 2.45) is 0 Å². The van der Waals surface area contributed by atoms with E-state index in [9.17, 15) is 0 Å². The Bertz CT molecular complexity index is 476. The Morgan fingerprint density at radius 3 is 2.73 bits per heavy atom. The SMILES string of the molecule is CCc1sc(Br)nc1-c1ccccc1C. The van der Waals surface area contributed by atoms with Crippen molar-refractivity contribution in [3.8, 4) is 11.3 Å². The van der Waals surface area contributed by atoms with Gasteiger partial charge in [0.05, 0.1) is 5.69 Å². The maximum absolute atomic E-state index is 4.55. The first-order chi connectivity index (χ1) is 7.22. The van der Waals surface area contributed by atoms with Crippen LogP contribution in [0.25, 0.3) is 11.3 Å². The van der Waals surface area contributed by atoms with E-state index in [-0.39, 0.29) is 0 Å². The molecule has 1 aromatic heterocycles. The van der Waals surface area contributed by atoms with Gasteiger partial charge in [0.1, 0.15) is 0 Å². The van der Waals surface area contributed by atoms with Crippen molar-refractivity contribution < 1.29 is 0 Å². The van der Waals surface area contributed by atoms with Crippen LogP contribution >= 0.6 is 27.3 Å². The Morgan fingerprint density at radius 2 is 2.07 bits per heavy atom. The van der Waals surface area contributed by atoms with E-state index in [1.54, 1.807) is 11.3 Å². The molecule has 0 aliphatic rings. The van der Waals surface area contributed by atoms with E-state index in [0.717, 1.165) is 16.0 Å². The van der Waals surface area contributed by atoms with Crippen molar-refractivity contribution >= 4 is 27.3 Å². The van der Waals surface area contributed by atoms with Crippen LogP contribution in [-0.4, -0.2) is 4.98 Å². The lowest BCUT2D eigenvalue weighted by Crippen LogP contribution is -1.86. The van der Waals surface area contributed by atoms with E-state index >= 15 is 0 Å². The minimum Gasteiger partial charge on any atom is -0.229 e. The Kier molecular flexibility index (Phi) is 3.22. The summed E-state index contributed by atoms with van der Waals surface area (Å²) in [5.41, 5.74) is 3.66. The topological polar surface area (TPSA) is 12.9 Å². The van der Waals surface area contributed by atoms with Gasteiger partial charge in [0.15, 0.2) is 3.92 Å². The Morgan fingerprint density at radius 1 is 1.33 bits per heavy atom. The van der Waals surface area contributed by atoms with E-state index in [1.807, 2.05) is 0 Å². The molecule has 0 saturated heterocycles. The summed E-state index contributed by atoms with van der Waals surface area (Å²) in [5.74, 6) is 0.